The summed E-state index contributed by atoms with van der Waals surface area (Å²) in [5.41, 5.74) is 8.84. The molecule has 11 aromatic rings. The Hall–Kier alpha value is -6.06. The van der Waals surface area contributed by atoms with Gasteiger partial charge in [0.25, 0.3) is 0 Å². The SMILES string of the molecule is c1ccc(-n2c3ccccc3c3cc4c(cc32)c2ccccc2n4-c2ccc3c4ccccc4c4cccc5oc2c3c54)cc1. The third-order valence-corrected chi connectivity index (χ3v) is 9.85. The molecule has 0 unspecified atom stereocenters. The highest BCUT2D eigenvalue weighted by Crippen LogP contribution is 2.46. The van der Waals surface area contributed by atoms with Crippen molar-refractivity contribution in [3.05, 3.63) is 146 Å². The van der Waals surface area contributed by atoms with E-state index < -0.39 is 0 Å². The van der Waals surface area contributed by atoms with Crippen LogP contribution in [0.1, 0.15) is 0 Å². The van der Waals surface area contributed by atoms with Crippen LogP contribution < -0.4 is 0 Å². The van der Waals surface area contributed by atoms with E-state index in [-0.39, 0.29) is 0 Å². The summed E-state index contributed by atoms with van der Waals surface area (Å²) in [7, 11) is 0. The van der Waals surface area contributed by atoms with Crippen LogP contribution in [0, 0.1) is 0 Å². The molecule has 0 radical (unpaired) electrons. The first kappa shape index (κ1) is 23.4. The van der Waals surface area contributed by atoms with Gasteiger partial charge >= 0.3 is 0 Å². The molecule has 208 valence electrons. The summed E-state index contributed by atoms with van der Waals surface area (Å²) in [6.07, 6.45) is 0. The van der Waals surface area contributed by atoms with E-state index in [1.54, 1.807) is 0 Å². The number of hydrogen-bond donors (Lipinski definition) is 0. The van der Waals surface area contributed by atoms with Crippen molar-refractivity contribution in [2.75, 3.05) is 0 Å². The van der Waals surface area contributed by atoms with Gasteiger partial charge in [-0.2, -0.15) is 0 Å². The summed E-state index contributed by atoms with van der Waals surface area (Å²) in [5, 5.41) is 12.3. The van der Waals surface area contributed by atoms with Gasteiger partial charge in [-0.15, -0.1) is 0 Å². The van der Waals surface area contributed by atoms with E-state index >= 15 is 0 Å². The number of nitrogens with zero attached hydrogens (tertiary/aromatic N) is 2. The molecule has 0 N–H and O–H groups in total. The van der Waals surface area contributed by atoms with E-state index in [2.05, 4.69) is 155 Å². The summed E-state index contributed by atoms with van der Waals surface area (Å²) in [4.78, 5) is 0. The summed E-state index contributed by atoms with van der Waals surface area (Å²) < 4.78 is 11.6. The minimum Gasteiger partial charge on any atom is -0.454 e. The Morgan fingerprint density at radius 3 is 1.62 bits per heavy atom. The molecule has 0 spiro atoms. The molecule has 45 heavy (non-hydrogen) atoms. The molecule has 3 heteroatoms. The lowest BCUT2D eigenvalue weighted by molar-refractivity contribution is 0.667. The van der Waals surface area contributed by atoms with Crippen molar-refractivity contribution in [3.63, 3.8) is 0 Å². The Labute approximate surface area is 257 Å². The molecule has 0 atom stereocenters. The van der Waals surface area contributed by atoms with Crippen LogP contribution in [-0.4, -0.2) is 9.13 Å². The Bertz CT molecular complexity index is 2970. The maximum absolute atomic E-state index is 6.83. The van der Waals surface area contributed by atoms with Crippen molar-refractivity contribution in [1.82, 2.24) is 9.13 Å². The molecule has 3 aromatic heterocycles. The second kappa shape index (κ2) is 8.31. The fraction of sp³-hybridized carbons (Fsp3) is 0. The summed E-state index contributed by atoms with van der Waals surface area (Å²) in [5.74, 6) is 0. The van der Waals surface area contributed by atoms with Crippen LogP contribution in [-0.2, 0) is 0 Å². The first-order chi connectivity index (χ1) is 22.3. The zero-order valence-corrected chi connectivity index (χ0v) is 24.2. The number of benzene rings is 8. The topological polar surface area (TPSA) is 23.0 Å². The van der Waals surface area contributed by atoms with Gasteiger partial charge in [-0.1, -0.05) is 97.1 Å². The van der Waals surface area contributed by atoms with Gasteiger partial charge in [0.2, 0.25) is 0 Å². The molecule has 3 nitrogen and oxygen atoms in total. The summed E-state index contributed by atoms with van der Waals surface area (Å²) >= 11 is 0. The number of rotatable bonds is 2. The number of fused-ring (bicyclic) bond motifs is 9. The van der Waals surface area contributed by atoms with Crippen molar-refractivity contribution in [1.29, 1.82) is 0 Å². The number of furan rings is 1. The monoisotopic (exact) mass is 572 g/mol. The minimum absolute atomic E-state index is 0.930. The predicted molar refractivity (Wildman–Crippen MR) is 189 cm³/mol. The van der Waals surface area contributed by atoms with Gasteiger partial charge in [0.05, 0.1) is 27.8 Å². The van der Waals surface area contributed by atoms with Crippen molar-refractivity contribution in [2.24, 2.45) is 0 Å². The average molecular weight is 573 g/mol. The van der Waals surface area contributed by atoms with Gasteiger partial charge < -0.3 is 13.6 Å². The maximum atomic E-state index is 6.83. The van der Waals surface area contributed by atoms with Crippen LogP contribution in [0.3, 0.4) is 0 Å². The van der Waals surface area contributed by atoms with Gasteiger partial charge in [0.15, 0.2) is 5.58 Å². The van der Waals surface area contributed by atoms with Crippen LogP contribution in [0.2, 0.25) is 0 Å². The lowest BCUT2D eigenvalue weighted by Crippen LogP contribution is -1.95. The van der Waals surface area contributed by atoms with Crippen LogP contribution in [0.5, 0.6) is 0 Å². The van der Waals surface area contributed by atoms with E-state index in [1.165, 1.54) is 75.9 Å². The van der Waals surface area contributed by atoms with Gasteiger partial charge in [-0.05, 0) is 70.1 Å². The van der Waals surface area contributed by atoms with Crippen LogP contribution >= 0.6 is 0 Å². The first-order valence-electron chi connectivity index (χ1n) is 15.5. The number of aromatic nitrogens is 2. The standard InChI is InChI=1S/C42H24N2O/c1-2-11-25(12-3-1)43-34-18-8-6-15-28(34)32-24-38-33(23-37(32)43)29-16-7-9-19-35(29)44(38)36-22-21-31-27-14-5-4-13-26(27)30-17-10-20-39-40(30)41(31)42(36)45-39/h1-24H. The molecule has 0 fully saturated rings. The molecule has 0 amide bonds. The molecule has 0 bridgehead atoms. The van der Waals surface area contributed by atoms with E-state index in [0.29, 0.717) is 0 Å². The van der Waals surface area contributed by atoms with Crippen molar-refractivity contribution >= 4 is 87.1 Å². The average Bonchev–Trinajstić information content (AvgIpc) is 3.75. The Kier molecular flexibility index (Phi) is 4.32. The Morgan fingerprint density at radius 1 is 0.356 bits per heavy atom. The largest absolute Gasteiger partial charge is 0.454 e. The third kappa shape index (κ3) is 2.90. The second-order valence-electron chi connectivity index (χ2n) is 12.1. The van der Waals surface area contributed by atoms with Gasteiger partial charge in [-0.25, -0.2) is 0 Å². The van der Waals surface area contributed by atoms with Gasteiger partial charge in [0, 0.05) is 38.0 Å². The van der Waals surface area contributed by atoms with E-state index in [9.17, 15) is 0 Å². The van der Waals surface area contributed by atoms with Gasteiger partial charge in [-0.3, -0.25) is 0 Å². The summed E-state index contributed by atoms with van der Waals surface area (Å²) in [6, 6.07) is 52.7. The quantitative estimate of drug-likeness (QED) is 0.189. The normalized spacial score (nSPS) is 12.4. The van der Waals surface area contributed by atoms with Crippen LogP contribution in [0.4, 0.5) is 0 Å². The summed E-state index contributed by atoms with van der Waals surface area (Å²) in [6.45, 7) is 0. The van der Waals surface area contributed by atoms with Crippen molar-refractivity contribution in [2.45, 2.75) is 0 Å². The lowest BCUT2D eigenvalue weighted by Gasteiger charge is -2.12. The highest BCUT2D eigenvalue weighted by Gasteiger charge is 2.23. The molecular formula is C42H24N2O. The Balaban J connectivity index is 1.32. The Morgan fingerprint density at radius 2 is 0.911 bits per heavy atom. The van der Waals surface area contributed by atoms with Gasteiger partial charge in [0.1, 0.15) is 5.58 Å². The third-order valence-electron chi connectivity index (χ3n) is 9.85. The first-order valence-corrected chi connectivity index (χ1v) is 15.5. The van der Waals surface area contributed by atoms with Crippen LogP contribution in [0.15, 0.2) is 150 Å². The molecule has 3 heterocycles. The van der Waals surface area contributed by atoms with E-state index in [4.69, 9.17) is 4.42 Å². The van der Waals surface area contributed by atoms with E-state index in [1.807, 2.05) is 0 Å². The molecule has 0 aliphatic heterocycles. The zero-order valence-electron chi connectivity index (χ0n) is 24.2. The highest BCUT2D eigenvalue weighted by atomic mass is 16.3. The van der Waals surface area contributed by atoms with Crippen LogP contribution in [0.25, 0.3) is 98.5 Å². The maximum Gasteiger partial charge on any atom is 0.160 e. The molecule has 8 aromatic carbocycles. The van der Waals surface area contributed by atoms with Crippen molar-refractivity contribution in [3.8, 4) is 11.4 Å². The molecule has 0 aliphatic rings. The minimum atomic E-state index is 0.930. The molecule has 0 aliphatic carbocycles. The predicted octanol–water partition coefficient (Wildman–Crippen LogP) is 11.5. The fourth-order valence-corrected chi connectivity index (χ4v) is 8.03. The molecule has 0 saturated heterocycles. The fourth-order valence-electron chi connectivity index (χ4n) is 8.03. The molecular weight excluding hydrogens is 548 g/mol. The number of para-hydroxylation sites is 3. The zero-order chi connectivity index (χ0) is 29.2. The van der Waals surface area contributed by atoms with E-state index in [0.717, 1.165) is 22.5 Å². The smallest absolute Gasteiger partial charge is 0.160 e. The number of hydrogen-bond acceptors (Lipinski definition) is 1. The molecule has 0 saturated carbocycles. The van der Waals surface area contributed by atoms with Crippen molar-refractivity contribution < 1.29 is 4.42 Å². The molecule has 11 rings (SSSR count). The lowest BCUT2D eigenvalue weighted by atomic mass is 9.94. The highest BCUT2D eigenvalue weighted by molar-refractivity contribution is 6.34. The second-order valence-corrected chi connectivity index (χ2v) is 12.1.